The Kier molecular flexibility index (Phi) is 7.99. The third-order valence-electron chi connectivity index (χ3n) is 7.26. The molecule has 5 rings (SSSR count). The number of hydrogen-bond acceptors (Lipinski definition) is 8. The highest BCUT2D eigenvalue weighted by atomic mass is 32.2. The van der Waals surface area contributed by atoms with Gasteiger partial charge in [-0.25, -0.2) is 8.42 Å². The van der Waals surface area contributed by atoms with Gasteiger partial charge in [-0.2, -0.15) is 0 Å². The van der Waals surface area contributed by atoms with Crippen molar-refractivity contribution in [3.8, 4) is 17.2 Å². The van der Waals surface area contributed by atoms with Gasteiger partial charge in [-0.05, 0) is 74.1 Å². The molecule has 224 valence electrons. The number of non-ortho nitro benzene ring substituents is 1. The molecule has 0 bridgehead atoms. The molecule has 12 nitrogen and oxygen atoms in total. The smallest absolute Gasteiger partial charge is 0.271 e. The van der Waals surface area contributed by atoms with Gasteiger partial charge in [0.1, 0.15) is 11.5 Å². The third kappa shape index (κ3) is 5.70. The van der Waals surface area contributed by atoms with Crippen molar-refractivity contribution in [1.82, 2.24) is 14.9 Å². The van der Waals surface area contributed by atoms with Crippen molar-refractivity contribution in [2.45, 2.75) is 25.9 Å². The van der Waals surface area contributed by atoms with Crippen LogP contribution in [0.1, 0.15) is 34.7 Å². The number of hydrogen-bond donors (Lipinski definition) is 2. The van der Waals surface area contributed by atoms with Gasteiger partial charge in [0.2, 0.25) is 10.0 Å². The summed E-state index contributed by atoms with van der Waals surface area (Å²) in [5.74, 6) is 0.824. The second-order valence-corrected chi connectivity index (χ2v) is 12.2. The summed E-state index contributed by atoms with van der Waals surface area (Å²) < 4.78 is 39.7. The van der Waals surface area contributed by atoms with Crippen molar-refractivity contribution in [1.29, 1.82) is 0 Å². The van der Waals surface area contributed by atoms with Crippen LogP contribution in [-0.4, -0.2) is 48.5 Å². The van der Waals surface area contributed by atoms with Gasteiger partial charge >= 0.3 is 0 Å². The molecule has 2 atom stereocenters. The number of ether oxygens (including phenoxy) is 2. The molecule has 0 radical (unpaired) electrons. The zero-order valence-corrected chi connectivity index (χ0v) is 25.7. The summed E-state index contributed by atoms with van der Waals surface area (Å²) in [5, 5.41) is 15.5. The van der Waals surface area contributed by atoms with Gasteiger partial charge < -0.3 is 24.3 Å². The minimum Gasteiger partial charge on any atom is -0.495 e. The number of thiocarbonyl (C=S) groups is 1. The summed E-state index contributed by atoms with van der Waals surface area (Å²) >= 11 is 5.87. The number of pyridine rings is 1. The molecule has 0 unspecified atom stereocenters. The van der Waals surface area contributed by atoms with Gasteiger partial charge in [0.25, 0.3) is 5.69 Å². The fraction of sp³-hybridized carbons (Fsp3) is 0.241. The lowest BCUT2D eigenvalue weighted by Crippen LogP contribution is -2.29. The molecule has 0 spiro atoms. The first kappa shape index (κ1) is 29.8. The number of sulfonamides is 1. The first-order valence-electron chi connectivity index (χ1n) is 13.1. The predicted octanol–water partition coefficient (Wildman–Crippen LogP) is 4.96. The van der Waals surface area contributed by atoms with Crippen LogP contribution in [0.4, 0.5) is 17.1 Å². The average Bonchev–Trinajstić information content (AvgIpc) is 3.46. The second-order valence-electron chi connectivity index (χ2n) is 10.0. The van der Waals surface area contributed by atoms with E-state index < -0.39 is 21.0 Å². The zero-order valence-electron chi connectivity index (χ0n) is 24.1. The summed E-state index contributed by atoms with van der Waals surface area (Å²) in [6.07, 6.45) is 2.77. The van der Waals surface area contributed by atoms with E-state index in [1.807, 2.05) is 47.6 Å². The van der Waals surface area contributed by atoms with Crippen molar-refractivity contribution in [3.63, 3.8) is 0 Å². The highest BCUT2D eigenvalue weighted by Crippen LogP contribution is 2.45. The zero-order chi connectivity index (χ0) is 31.1. The maximum Gasteiger partial charge on any atom is 0.271 e. The van der Waals surface area contributed by atoms with Gasteiger partial charge in [0.05, 0.1) is 54.6 Å². The number of nitro benzene ring substituents is 1. The molecule has 43 heavy (non-hydrogen) atoms. The average molecular weight is 623 g/mol. The van der Waals surface area contributed by atoms with E-state index in [9.17, 15) is 18.5 Å². The lowest BCUT2D eigenvalue weighted by Gasteiger charge is -2.29. The van der Waals surface area contributed by atoms with Crippen molar-refractivity contribution in [2.75, 3.05) is 30.1 Å². The summed E-state index contributed by atoms with van der Waals surface area (Å²) in [6.45, 7) is 3.84. The first-order valence-corrected chi connectivity index (χ1v) is 15.4. The highest BCUT2D eigenvalue weighted by molar-refractivity contribution is 7.92. The molecule has 2 N–H and O–H groups in total. The van der Waals surface area contributed by atoms with E-state index in [0.29, 0.717) is 28.0 Å². The molecule has 0 aliphatic carbocycles. The number of aryl methyl sites for hydroxylation is 1. The number of aromatic nitrogens is 2. The molecule has 2 aromatic carbocycles. The van der Waals surface area contributed by atoms with Gasteiger partial charge in [0.15, 0.2) is 5.11 Å². The highest BCUT2D eigenvalue weighted by Gasteiger charge is 2.42. The number of methoxy groups -OCH3 is 2. The van der Waals surface area contributed by atoms with Crippen LogP contribution in [0, 0.1) is 24.0 Å². The van der Waals surface area contributed by atoms with E-state index in [1.54, 1.807) is 30.5 Å². The maximum absolute atomic E-state index is 12.1. The fourth-order valence-electron chi connectivity index (χ4n) is 5.50. The normalized spacial score (nSPS) is 16.6. The van der Waals surface area contributed by atoms with Crippen LogP contribution in [0.25, 0.3) is 5.69 Å². The molecule has 1 fully saturated rings. The molecule has 1 aliphatic heterocycles. The fourth-order valence-corrected chi connectivity index (χ4v) is 6.40. The van der Waals surface area contributed by atoms with Crippen molar-refractivity contribution < 1.29 is 22.8 Å². The van der Waals surface area contributed by atoms with E-state index in [4.69, 9.17) is 21.7 Å². The Morgan fingerprint density at radius 3 is 2.40 bits per heavy atom. The Labute approximate surface area is 254 Å². The summed E-state index contributed by atoms with van der Waals surface area (Å²) in [7, 11) is -0.632. The Hall–Kier alpha value is -4.69. The largest absolute Gasteiger partial charge is 0.495 e. The monoisotopic (exact) mass is 622 g/mol. The molecule has 4 aromatic rings. The van der Waals surface area contributed by atoms with Gasteiger partial charge in [-0.15, -0.1) is 0 Å². The summed E-state index contributed by atoms with van der Waals surface area (Å²) in [6, 6.07) is 16.4. The van der Waals surface area contributed by atoms with Crippen molar-refractivity contribution in [3.05, 3.63) is 99.6 Å². The van der Waals surface area contributed by atoms with Crippen LogP contribution in [0.3, 0.4) is 0 Å². The predicted molar refractivity (Wildman–Crippen MR) is 168 cm³/mol. The maximum atomic E-state index is 12.1. The molecule has 2 aromatic heterocycles. The summed E-state index contributed by atoms with van der Waals surface area (Å²) in [4.78, 5) is 17.7. The first-order chi connectivity index (χ1) is 20.4. The van der Waals surface area contributed by atoms with Crippen LogP contribution in [-0.2, 0) is 10.0 Å². The number of nitrogens with zero attached hydrogens (tertiary/aromatic N) is 4. The molecule has 0 saturated carbocycles. The molecule has 1 aliphatic rings. The minimum absolute atomic E-state index is 0.0642. The van der Waals surface area contributed by atoms with Crippen molar-refractivity contribution in [2.24, 2.45) is 0 Å². The van der Waals surface area contributed by atoms with Gasteiger partial charge in [-0.1, -0.05) is 6.07 Å². The number of rotatable bonds is 9. The molecule has 14 heteroatoms. The number of nitrogens with one attached hydrogen (secondary N) is 2. The van der Waals surface area contributed by atoms with E-state index in [0.717, 1.165) is 28.9 Å². The lowest BCUT2D eigenvalue weighted by atomic mass is 9.96. The standard InChI is InChI=1S/C29H30N6O6S2/c1-17-14-21(18(2)33(17)24-16-20(35(36)37)10-12-26(24)41-4)28-27(22-8-6-7-13-30-22)31-29(42)34(28)19-9-11-25(40-3)23(15-19)32-43(5,38)39/h6-16,27-28,32H,1-5H3,(H,31,42)/t27-,28+/m1/s1. The molecular formula is C29H30N6O6S2. The van der Waals surface area contributed by atoms with Crippen molar-refractivity contribution >= 4 is 44.4 Å². The Balaban J connectivity index is 1.71. The SMILES string of the molecule is COc1ccc(N2C(=S)N[C@H](c3ccccn3)[C@@H]2c2cc(C)n(-c3cc([N+](=O)[O-])ccc3OC)c2C)cc1NS(C)(=O)=O. The molecule has 3 heterocycles. The van der Waals surface area contributed by atoms with Crippen LogP contribution >= 0.6 is 12.2 Å². The topological polar surface area (TPSA) is 141 Å². The van der Waals surface area contributed by atoms with Crippen LogP contribution in [0.15, 0.2) is 66.9 Å². The van der Waals surface area contributed by atoms with E-state index >= 15 is 0 Å². The van der Waals surface area contributed by atoms with Crippen LogP contribution in [0.5, 0.6) is 11.5 Å². The minimum atomic E-state index is -3.61. The van der Waals surface area contributed by atoms with E-state index in [2.05, 4.69) is 15.0 Å². The third-order valence-corrected chi connectivity index (χ3v) is 8.16. The Morgan fingerprint density at radius 1 is 1.05 bits per heavy atom. The Morgan fingerprint density at radius 2 is 1.77 bits per heavy atom. The second kappa shape index (κ2) is 11.5. The number of nitro groups is 1. The molecule has 1 saturated heterocycles. The quantitative estimate of drug-likeness (QED) is 0.149. The molecular weight excluding hydrogens is 592 g/mol. The van der Waals surface area contributed by atoms with Gasteiger partial charge in [-0.3, -0.25) is 19.8 Å². The molecule has 0 amide bonds. The number of anilines is 2. The van der Waals surface area contributed by atoms with Crippen LogP contribution < -0.4 is 24.4 Å². The van der Waals surface area contributed by atoms with Crippen LogP contribution in [0.2, 0.25) is 0 Å². The van der Waals surface area contributed by atoms with E-state index in [-0.39, 0.29) is 17.4 Å². The number of benzene rings is 2. The van der Waals surface area contributed by atoms with Gasteiger partial charge in [0, 0.05) is 35.4 Å². The lowest BCUT2D eigenvalue weighted by molar-refractivity contribution is -0.384. The van der Waals surface area contributed by atoms with E-state index in [1.165, 1.54) is 26.4 Å². The Bertz CT molecular complexity index is 1830. The summed E-state index contributed by atoms with van der Waals surface area (Å²) in [5.41, 5.74) is 4.59.